The van der Waals surface area contributed by atoms with Crippen LogP contribution in [0.5, 0.6) is 0 Å². The molecular formula is C11H13N3. The molecule has 2 rings (SSSR count). The number of hydrogen-bond donors (Lipinski definition) is 1. The lowest BCUT2D eigenvalue weighted by molar-refractivity contribution is 1.11. The van der Waals surface area contributed by atoms with Gasteiger partial charge in [-0.1, -0.05) is 0 Å². The summed E-state index contributed by atoms with van der Waals surface area (Å²) in [5, 5.41) is 0. The van der Waals surface area contributed by atoms with Gasteiger partial charge in [-0.05, 0) is 32.9 Å². The van der Waals surface area contributed by atoms with E-state index in [4.69, 9.17) is 0 Å². The van der Waals surface area contributed by atoms with Crippen LogP contribution in [0.2, 0.25) is 0 Å². The number of nitrogens with zero attached hydrogens (tertiary/aromatic N) is 2. The van der Waals surface area contributed by atoms with Gasteiger partial charge in [-0.15, -0.1) is 0 Å². The number of hydrogen-bond acceptors (Lipinski definition) is 2. The number of H-pyrrole nitrogens is 1. The molecule has 0 aromatic carbocycles. The van der Waals surface area contributed by atoms with Gasteiger partial charge in [0.25, 0.3) is 0 Å². The number of aromatic nitrogens is 3. The van der Waals surface area contributed by atoms with Crippen molar-refractivity contribution in [2.24, 2.45) is 0 Å². The topological polar surface area (TPSA) is 41.6 Å². The van der Waals surface area contributed by atoms with Crippen molar-refractivity contribution in [3.63, 3.8) is 0 Å². The quantitative estimate of drug-likeness (QED) is 0.744. The second kappa shape index (κ2) is 3.25. The van der Waals surface area contributed by atoms with Crippen molar-refractivity contribution in [1.82, 2.24) is 15.0 Å². The molecular weight excluding hydrogens is 174 g/mol. The summed E-state index contributed by atoms with van der Waals surface area (Å²) < 4.78 is 0. The molecule has 0 aliphatic carbocycles. The molecule has 0 aliphatic heterocycles. The van der Waals surface area contributed by atoms with Crippen molar-refractivity contribution >= 4 is 0 Å². The van der Waals surface area contributed by atoms with Gasteiger partial charge in [0, 0.05) is 17.0 Å². The maximum Gasteiger partial charge on any atom is 0.103 e. The highest BCUT2D eigenvalue weighted by molar-refractivity contribution is 5.61. The molecule has 0 spiro atoms. The highest BCUT2D eigenvalue weighted by Crippen LogP contribution is 2.19. The minimum absolute atomic E-state index is 0.931. The van der Waals surface area contributed by atoms with Gasteiger partial charge in [0.2, 0.25) is 0 Å². The molecule has 0 fully saturated rings. The fraction of sp³-hybridized carbons (Fsp3) is 0.273. The maximum absolute atomic E-state index is 4.41. The molecule has 0 saturated heterocycles. The zero-order valence-corrected chi connectivity index (χ0v) is 8.63. The van der Waals surface area contributed by atoms with Gasteiger partial charge in [0.15, 0.2) is 0 Å². The van der Waals surface area contributed by atoms with E-state index < -0.39 is 0 Å². The van der Waals surface area contributed by atoms with E-state index in [1.165, 1.54) is 0 Å². The Morgan fingerprint density at radius 3 is 2.50 bits per heavy atom. The number of nitrogens with one attached hydrogen (secondary N) is 1. The second-order valence-electron chi connectivity index (χ2n) is 3.47. The summed E-state index contributed by atoms with van der Waals surface area (Å²) in [5.41, 5.74) is 4.24. The largest absolute Gasteiger partial charge is 0.342 e. The monoisotopic (exact) mass is 187 g/mol. The van der Waals surface area contributed by atoms with Crippen LogP contribution in [0.15, 0.2) is 18.3 Å². The van der Waals surface area contributed by atoms with E-state index >= 15 is 0 Å². The van der Waals surface area contributed by atoms with Gasteiger partial charge in [0.05, 0.1) is 11.9 Å². The van der Waals surface area contributed by atoms with Crippen LogP contribution in [0, 0.1) is 20.8 Å². The van der Waals surface area contributed by atoms with Gasteiger partial charge >= 0.3 is 0 Å². The van der Waals surface area contributed by atoms with E-state index in [2.05, 4.69) is 21.0 Å². The van der Waals surface area contributed by atoms with E-state index in [1.54, 1.807) is 0 Å². The van der Waals surface area contributed by atoms with Crippen molar-refractivity contribution in [2.45, 2.75) is 20.8 Å². The highest BCUT2D eigenvalue weighted by atomic mass is 14.9. The molecule has 0 saturated carbocycles. The molecule has 0 unspecified atom stereocenters. The standard InChI is InChI=1S/C11H13N3/c1-7-4-5-10(8(2)13-7)11-6-12-9(3)14-11/h4-6H,1-3H3,(H,12,14). The number of aryl methyl sites for hydroxylation is 3. The maximum atomic E-state index is 4.41. The second-order valence-corrected chi connectivity index (χ2v) is 3.47. The summed E-state index contributed by atoms with van der Waals surface area (Å²) >= 11 is 0. The van der Waals surface area contributed by atoms with Crippen molar-refractivity contribution < 1.29 is 0 Å². The van der Waals surface area contributed by atoms with Crippen LogP contribution < -0.4 is 0 Å². The molecule has 3 nitrogen and oxygen atoms in total. The molecule has 0 bridgehead atoms. The third kappa shape index (κ3) is 1.53. The fourth-order valence-corrected chi connectivity index (χ4v) is 1.53. The van der Waals surface area contributed by atoms with E-state index in [1.807, 2.05) is 33.0 Å². The number of rotatable bonds is 1. The molecule has 0 amide bonds. The Balaban J connectivity index is 2.52. The van der Waals surface area contributed by atoms with Gasteiger partial charge in [0.1, 0.15) is 5.82 Å². The van der Waals surface area contributed by atoms with Gasteiger partial charge in [-0.3, -0.25) is 4.98 Å². The summed E-state index contributed by atoms with van der Waals surface area (Å²) in [6.45, 7) is 5.95. The Bertz CT molecular complexity index is 457. The van der Waals surface area contributed by atoms with E-state index in [-0.39, 0.29) is 0 Å². The van der Waals surface area contributed by atoms with Crippen LogP contribution in [0.4, 0.5) is 0 Å². The Kier molecular flexibility index (Phi) is 2.08. The molecule has 3 heteroatoms. The first-order valence-corrected chi connectivity index (χ1v) is 4.63. The van der Waals surface area contributed by atoms with Crippen molar-refractivity contribution in [1.29, 1.82) is 0 Å². The molecule has 0 atom stereocenters. The summed E-state index contributed by atoms with van der Waals surface area (Å²) in [7, 11) is 0. The predicted octanol–water partition coefficient (Wildman–Crippen LogP) is 2.40. The molecule has 2 aromatic heterocycles. The van der Waals surface area contributed by atoms with Crippen LogP contribution in [0.1, 0.15) is 17.2 Å². The van der Waals surface area contributed by atoms with Crippen LogP contribution in [-0.4, -0.2) is 15.0 Å². The van der Waals surface area contributed by atoms with Crippen molar-refractivity contribution in [2.75, 3.05) is 0 Å². The SMILES string of the molecule is Cc1ccc(-c2cnc(C)[nH]2)c(C)n1. The Labute approximate surface area is 83.2 Å². The average molecular weight is 187 g/mol. The first-order chi connectivity index (χ1) is 6.66. The fourth-order valence-electron chi connectivity index (χ4n) is 1.53. The first-order valence-electron chi connectivity index (χ1n) is 4.63. The summed E-state index contributed by atoms with van der Waals surface area (Å²) in [5.74, 6) is 0.931. The molecule has 2 aromatic rings. The van der Waals surface area contributed by atoms with Crippen LogP contribution in [-0.2, 0) is 0 Å². The third-order valence-electron chi connectivity index (χ3n) is 2.22. The highest BCUT2D eigenvalue weighted by Gasteiger charge is 2.04. The molecule has 0 aliphatic rings. The van der Waals surface area contributed by atoms with Crippen molar-refractivity contribution in [3.8, 4) is 11.3 Å². The lowest BCUT2D eigenvalue weighted by Gasteiger charge is -2.02. The molecule has 1 N–H and O–H groups in total. The lowest BCUT2D eigenvalue weighted by atomic mass is 10.1. The van der Waals surface area contributed by atoms with Crippen LogP contribution in [0.3, 0.4) is 0 Å². The van der Waals surface area contributed by atoms with Gasteiger partial charge in [-0.25, -0.2) is 4.98 Å². The average Bonchev–Trinajstić information content (AvgIpc) is 2.51. The molecule has 2 heterocycles. The number of aromatic amines is 1. The summed E-state index contributed by atoms with van der Waals surface area (Å²) in [6, 6.07) is 4.09. The molecule has 14 heavy (non-hydrogen) atoms. The predicted molar refractivity (Wildman–Crippen MR) is 56.0 cm³/mol. The zero-order valence-electron chi connectivity index (χ0n) is 8.63. The molecule has 0 radical (unpaired) electrons. The van der Waals surface area contributed by atoms with Gasteiger partial charge < -0.3 is 4.98 Å². The summed E-state index contributed by atoms with van der Waals surface area (Å²) in [4.78, 5) is 11.8. The smallest absolute Gasteiger partial charge is 0.103 e. The normalized spacial score (nSPS) is 10.5. The van der Waals surface area contributed by atoms with Crippen LogP contribution in [0.25, 0.3) is 11.3 Å². The first kappa shape index (κ1) is 8.94. The van der Waals surface area contributed by atoms with Gasteiger partial charge in [-0.2, -0.15) is 0 Å². The van der Waals surface area contributed by atoms with Crippen LogP contribution >= 0.6 is 0 Å². The van der Waals surface area contributed by atoms with E-state index in [9.17, 15) is 0 Å². The minimum Gasteiger partial charge on any atom is -0.342 e. The molecule has 72 valence electrons. The van der Waals surface area contributed by atoms with E-state index in [0.29, 0.717) is 0 Å². The Morgan fingerprint density at radius 2 is 1.93 bits per heavy atom. The van der Waals surface area contributed by atoms with E-state index in [0.717, 1.165) is 28.5 Å². The number of imidazole rings is 1. The lowest BCUT2D eigenvalue weighted by Crippen LogP contribution is -1.90. The summed E-state index contributed by atoms with van der Waals surface area (Å²) in [6.07, 6.45) is 1.84. The Hall–Kier alpha value is -1.64. The van der Waals surface area contributed by atoms with Crippen molar-refractivity contribution in [3.05, 3.63) is 35.5 Å². The number of pyridine rings is 1. The third-order valence-corrected chi connectivity index (χ3v) is 2.22. The minimum atomic E-state index is 0.931. The Morgan fingerprint density at radius 1 is 1.14 bits per heavy atom. The zero-order chi connectivity index (χ0) is 10.1.